The first kappa shape index (κ1) is 17.8. The molecule has 0 saturated carbocycles. The van der Waals surface area contributed by atoms with Crippen LogP contribution in [0.25, 0.3) is 6.08 Å². The average molecular weight is 306 g/mol. The number of carboxylic acid groups (broad SMARTS) is 1. The number of rotatable bonds is 9. The maximum atomic E-state index is 11.5. The molecule has 22 heavy (non-hydrogen) atoms. The molecule has 0 aliphatic carbocycles. The summed E-state index contributed by atoms with van der Waals surface area (Å²) in [6.07, 6.45) is 2.12. The number of esters is 1. The van der Waals surface area contributed by atoms with Gasteiger partial charge in [0.1, 0.15) is 12.4 Å². The Morgan fingerprint density at radius 1 is 1.32 bits per heavy atom. The third-order valence-corrected chi connectivity index (χ3v) is 2.83. The first-order valence-corrected chi connectivity index (χ1v) is 7.21. The molecule has 0 aliphatic rings. The van der Waals surface area contributed by atoms with Gasteiger partial charge in [-0.25, -0.2) is 0 Å². The van der Waals surface area contributed by atoms with Crippen molar-refractivity contribution >= 4 is 18.0 Å². The fourth-order valence-corrected chi connectivity index (χ4v) is 1.83. The molecule has 0 spiro atoms. The summed E-state index contributed by atoms with van der Waals surface area (Å²) in [7, 11) is 0. The van der Waals surface area contributed by atoms with Crippen LogP contribution in [0.5, 0.6) is 5.75 Å². The van der Waals surface area contributed by atoms with Gasteiger partial charge in [-0.2, -0.15) is 0 Å². The summed E-state index contributed by atoms with van der Waals surface area (Å²) in [5, 5.41) is 8.51. The fraction of sp³-hybridized carbons (Fsp3) is 0.412. The summed E-state index contributed by atoms with van der Waals surface area (Å²) in [4.78, 5) is 21.9. The summed E-state index contributed by atoms with van der Waals surface area (Å²) in [6.45, 7) is 7.78. The van der Waals surface area contributed by atoms with E-state index in [4.69, 9.17) is 14.6 Å². The van der Waals surface area contributed by atoms with Gasteiger partial charge in [0, 0.05) is 18.4 Å². The van der Waals surface area contributed by atoms with Crippen LogP contribution in [0.1, 0.15) is 44.2 Å². The number of hydrogen-bond acceptors (Lipinski definition) is 4. The van der Waals surface area contributed by atoms with E-state index in [2.05, 4.69) is 6.58 Å². The van der Waals surface area contributed by atoms with Crippen LogP contribution >= 0.6 is 0 Å². The molecule has 0 atom stereocenters. The molecular weight excluding hydrogens is 284 g/mol. The van der Waals surface area contributed by atoms with Gasteiger partial charge >= 0.3 is 11.9 Å². The second kappa shape index (κ2) is 8.87. The van der Waals surface area contributed by atoms with Crippen LogP contribution in [0, 0.1) is 0 Å². The quantitative estimate of drug-likeness (QED) is 0.708. The smallest absolute Gasteiger partial charge is 0.306 e. The topological polar surface area (TPSA) is 72.8 Å². The van der Waals surface area contributed by atoms with Crippen LogP contribution in [0.3, 0.4) is 0 Å². The fourth-order valence-electron chi connectivity index (χ4n) is 1.83. The second-order valence-electron chi connectivity index (χ2n) is 5.15. The molecule has 120 valence electrons. The zero-order chi connectivity index (χ0) is 16.5. The lowest BCUT2D eigenvalue weighted by molar-refractivity contribution is -0.145. The zero-order valence-electron chi connectivity index (χ0n) is 13.0. The average Bonchev–Trinajstić information content (AvgIpc) is 2.45. The SMILES string of the molecule is C=Cc1cc(COC(=O)CCCC(=O)O)ccc1OC(C)C. The van der Waals surface area contributed by atoms with E-state index >= 15 is 0 Å². The molecule has 0 radical (unpaired) electrons. The molecule has 0 heterocycles. The summed E-state index contributed by atoms with van der Waals surface area (Å²) in [6, 6.07) is 5.51. The van der Waals surface area contributed by atoms with Gasteiger partial charge in [-0.05, 0) is 38.0 Å². The first-order valence-electron chi connectivity index (χ1n) is 7.21. The number of carbonyl (C=O) groups excluding carboxylic acids is 1. The number of ether oxygens (including phenoxy) is 2. The van der Waals surface area contributed by atoms with E-state index < -0.39 is 11.9 Å². The standard InChI is InChI=1S/C17H22O5/c1-4-14-10-13(8-9-15(14)22-12(2)3)11-21-17(20)7-5-6-16(18)19/h4,8-10,12H,1,5-7,11H2,2-3H3,(H,18,19). The number of aliphatic carboxylic acids is 1. The molecule has 5 nitrogen and oxygen atoms in total. The maximum Gasteiger partial charge on any atom is 0.306 e. The molecule has 0 unspecified atom stereocenters. The zero-order valence-corrected chi connectivity index (χ0v) is 13.0. The van der Waals surface area contributed by atoms with E-state index in [9.17, 15) is 9.59 Å². The Morgan fingerprint density at radius 3 is 2.64 bits per heavy atom. The molecule has 1 aromatic carbocycles. The van der Waals surface area contributed by atoms with Crippen LogP contribution in [0.2, 0.25) is 0 Å². The highest BCUT2D eigenvalue weighted by molar-refractivity contribution is 5.71. The second-order valence-corrected chi connectivity index (χ2v) is 5.15. The van der Waals surface area contributed by atoms with Gasteiger partial charge in [-0.3, -0.25) is 9.59 Å². The monoisotopic (exact) mass is 306 g/mol. The largest absolute Gasteiger partial charge is 0.490 e. The number of carbonyl (C=O) groups is 2. The predicted octanol–water partition coefficient (Wildman–Crippen LogP) is 3.41. The molecular formula is C17H22O5. The van der Waals surface area contributed by atoms with Gasteiger partial charge in [-0.1, -0.05) is 18.7 Å². The van der Waals surface area contributed by atoms with E-state index in [0.717, 1.165) is 16.9 Å². The molecule has 1 rings (SSSR count). The van der Waals surface area contributed by atoms with Crippen molar-refractivity contribution in [2.75, 3.05) is 0 Å². The molecule has 0 bridgehead atoms. The van der Waals surface area contributed by atoms with Crippen LogP contribution < -0.4 is 4.74 Å². The molecule has 5 heteroatoms. The first-order chi connectivity index (χ1) is 10.4. The van der Waals surface area contributed by atoms with Crippen LogP contribution in [-0.2, 0) is 20.9 Å². The Balaban J connectivity index is 2.54. The Hall–Kier alpha value is -2.30. The van der Waals surface area contributed by atoms with Gasteiger partial charge in [-0.15, -0.1) is 0 Å². The number of benzene rings is 1. The van der Waals surface area contributed by atoms with Crippen molar-refractivity contribution in [3.8, 4) is 5.75 Å². The van der Waals surface area contributed by atoms with E-state index in [1.54, 1.807) is 6.08 Å². The molecule has 0 amide bonds. The summed E-state index contributed by atoms with van der Waals surface area (Å²) >= 11 is 0. The van der Waals surface area contributed by atoms with E-state index in [1.165, 1.54) is 0 Å². The lowest BCUT2D eigenvalue weighted by Gasteiger charge is -2.13. The number of carboxylic acids is 1. The van der Waals surface area contributed by atoms with Crippen molar-refractivity contribution in [2.45, 2.75) is 45.8 Å². The van der Waals surface area contributed by atoms with Crippen molar-refractivity contribution in [3.63, 3.8) is 0 Å². The minimum atomic E-state index is -0.913. The van der Waals surface area contributed by atoms with E-state index in [-0.39, 0.29) is 32.0 Å². The molecule has 0 saturated heterocycles. The van der Waals surface area contributed by atoms with Gasteiger partial charge in [0.15, 0.2) is 0 Å². The lowest BCUT2D eigenvalue weighted by Crippen LogP contribution is -2.08. The Labute approximate surface area is 130 Å². The molecule has 0 aliphatic heterocycles. The highest BCUT2D eigenvalue weighted by atomic mass is 16.5. The summed E-state index contributed by atoms with van der Waals surface area (Å²) < 4.78 is 10.8. The van der Waals surface area contributed by atoms with E-state index in [0.29, 0.717) is 0 Å². The Morgan fingerprint density at radius 2 is 2.05 bits per heavy atom. The van der Waals surface area contributed by atoms with Crippen molar-refractivity contribution in [3.05, 3.63) is 35.9 Å². The number of hydrogen-bond donors (Lipinski definition) is 1. The summed E-state index contributed by atoms with van der Waals surface area (Å²) in [5.41, 5.74) is 1.67. The molecule has 1 aromatic rings. The lowest BCUT2D eigenvalue weighted by atomic mass is 10.1. The summed E-state index contributed by atoms with van der Waals surface area (Å²) in [5.74, 6) is -0.574. The van der Waals surface area contributed by atoms with Crippen LogP contribution in [0.15, 0.2) is 24.8 Å². The van der Waals surface area contributed by atoms with Crippen molar-refractivity contribution in [1.29, 1.82) is 0 Å². The minimum Gasteiger partial charge on any atom is -0.490 e. The maximum absolute atomic E-state index is 11.5. The van der Waals surface area contributed by atoms with Gasteiger partial charge < -0.3 is 14.6 Å². The predicted molar refractivity (Wildman–Crippen MR) is 83.6 cm³/mol. The van der Waals surface area contributed by atoms with E-state index in [1.807, 2.05) is 32.0 Å². The van der Waals surface area contributed by atoms with Crippen LogP contribution in [-0.4, -0.2) is 23.1 Å². The van der Waals surface area contributed by atoms with Gasteiger partial charge in [0.2, 0.25) is 0 Å². The molecule has 1 N–H and O–H groups in total. The highest BCUT2D eigenvalue weighted by Gasteiger charge is 2.08. The molecule has 0 fully saturated rings. The Kier molecular flexibility index (Phi) is 7.16. The normalized spacial score (nSPS) is 10.3. The minimum absolute atomic E-state index is 0.0308. The third-order valence-electron chi connectivity index (χ3n) is 2.83. The highest BCUT2D eigenvalue weighted by Crippen LogP contribution is 2.23. The van der Waals surface area contributed by atoms with Crippen LogP contribution in [0.4, 0.5) is 0 Å². The molecule has 0 aromatic heterocycles. The van der Waals surface area contributed by atoms with Crippen molar-refractivity contribution < 1.29 is 24.2 Å². The third kappa shape index (κ3) is 6.43. The van der Waals surface area contributed by atoms with Gasteiger partial charge in [0.05, 0.1) is 6.10 Å². The van der Waals surface area contributed by atoms with Crippen molar-refractivity contribution in [2.24, 2.45) is 0 Å². The Bertz CT molecular complexity index is 534. The van der Waals surface area contributed by atoms with Gasteiger partial charge in [0.25, 0.3) is 0 Å². The van der Waals surface area contributed by atoms with Crippen molar-refractivity contribution in [1.82, 2.24) is 0 Å².